The summed E-state index contributed by atoms with van der Waals surface area (Å²) in [6.07, 6.45) is 0. The van der Waals surface area contributed by atoms with Crippen LogP contribution in [0.1, 0.15) is 5.56 Å². The molecule has 0 bridgehead atoms. The maximum Gasteiger partial charge on any atom is 0.234 e. The number of ether oxygens (including phenoxy) is 1. The van der Waals surface area contributed by atoms with E-state index >= 15 is 0 Å². The number of hydrogen-bond acceptors (Lipinski definition) is 5. The summed E-state index contributed by atoms with van der Waals surface area (Å²) in [5.41, 5.74) is 3.95. The van der Waals surface area contributed by atoms with Crippen molar-refractivity contribution in [3.05, 3.63) is 125 Å². The molecular weight excluding hydrogens is 561 g/mol. The third-order valence-electron chi connectivity index (χ3n) is 5.86. The Morgan fingerprint density at radius 3 is 2.17 bits per heavy atom. The lowest BCUT2D eigenvalue weighted by Gasteiger charge is -2.13. The normalized spacial score (nSPS) is 10.5. The van der Waals surface area contributed by atoms with E-state index in [2.05, 4.69) is 11.4 Å². The van der Waals surface area contributed by atoms with Gasteiger partial charge in [0.1, 0.15) is 22.6 Å². The maximum absolute atomic E-state index is 12.8. The maximum atomic E-state index is 12.8. The van der Waals surface area contributed by atoms with E-state index in [0.717, 1.165) is 16.9 Å². The van der Waals surface area contributed by atoms with Crippen LogP contribution in [0.2, 0.25) is 10.0 Å². The molecule has 5 aromatic rings. The monoisotopic (exact) mass is 581 g/mol. The van der Waals surface area contributed by atoms with E-state index in [1.54, 1.807) is 36.4 Å². The number of nitrogens with one attached hydrogen (secondary N) is 1. The number of rotatable bonds is 8. The van der Waals surface area contributed by atoms with E-state index in [4.69, 9.17) is 32.9 Å². The zero-order chi connectivity index (χ0) is 27.9. The van der Waals surface area contributed by atoms with Gasteiger partial charge in [-0.2, -0.15) is 5.26 Å². The van der Waals surface area contributed by atoms with Crippen molar-refractivity contribution in [2.75, 3.05) is 11.1 Å². The van der Waals surface area contributed by atoms with Crippen LogP contribution in [0.4, 0.5) is 5.69 Å². The first-order valence-electron chi connectivity index (χ1n) is 12.2. The molecule has 1 aromatic heterocycles. The molecule has 0 saturated carbocycles. The minimum absolute atomic E-state index is 0.0585. The molecule has 0 fully saturated rings. The van der Waals surface area contributed by atoms with Crippen molar-refractivity contribution in [3.63, 3.8) is 0 Å². The largest absolute Gasteiger partial charge is 0.457 e. The second-order valence-electron chi connectivity index (χ2n) is 8.62. The van der Waals surface area contributed by atoms with E-state index in [-0.39, 0.29) is 11.7 Å². The number of amides is 1. The summed E-state index contributed by atoms with van der Waals surface area (Å²) < 4.78 is 5.81. The lowest BCUT2D eigenvalue weighted by atomic mass is 9.99. The molecule has 0 atom stereocenters. The number of carbonyl (C=O) groups excluding carboxylic acids is 1. The number of thioether (sulfide) groups is 1. The van der Waals surface area contributed by atoms with Gasteiger partial charge in [0.05, 0.1) is 27.1 Å². The van der Waals surface area contributed by atoms with Crippen LogP contribution < -0.4 is 10.1 Å². The number of anilines is 1. The number of nitrogens with zero attached hydrogens (tertiary/aromatic N) is 2. The van der Waals surface area contributed by atoms with Gasteiger partial charge in [0, 0.05) is 16.8 Å². The number of nitriles is 1. The molecule has 8 heteroatoms. The van der Waals surface area contributed by atoms with Crippen LogP contribution in [0.3, 0.4) is 0 Å². The Bertz CT molecular complexity index is 1690. The van der Waals surface area contributed by atoms with E-state index in [0.29, 0.717) is 43.3 Å². The average molecular weight is 583 g/mol. The fraction of sp³-hybridized carbons (Fsp3) is 0.0312. The van der Waals surface area contributed by atoms with Crippen LogP contribution in [-0.4, -0.2) is 16.6 Å². The molecule has 5 rings (SSSR count). The predicted molar refractivity (Wildman–Crippen MR) is 162 cm³/mol. The van der Waals surface area contributed by atoms with E-state index in [9.17, 15) is 10.1 Å². The van der Waals surface area contributed by atoms with Gasteiger partial charge in [0.15, 0.2) is 0 Å². The van der Waals surface area contributed by atoms with E-state index in [1.807, 2.05) is 72.8 Å². The Hall–Kier alpha value is -4.28. The third-order valence-corrected chi connectivity index (χ3v) is 7.57. The van der Waals surface area contributed by atoms with Crippen molar-refractivity contribution in [1.29, 1.82) is 5.26 Å². The van der Waals surface area contributed by atoms with Crippen molar-refractivity contribution < 1.29 is 9.53 Å². The Balaban J connectivity index is 1.36. The lowest BCUT2D eigenvalue weighted by molar-refractivity contribution is -0.113. The molecule has 5 nitrogen and oxygen atoms in total. The number of pyridine rings is 1. The van der Waals surface area contributed by atoms with Gasteiger partial charge in [0.2, 0.25) is 5.91 Å². The summed E-state index contributed by atoms with van der Waals surface area (Å²) in [7, 11) is 0. The predicted octanol–water partition coefficient (Wildman–Crippen LogP) is 9.12. The van der Waals surface area contributed by atoms with Crippen molar-refractivity contribution in [2.45, 2.75) is 5.03 Å². The third kappa shape index (κ3) is 6.64. The molecule has 1 N–H and O–H groups in total. The van der Waals surface area contributed by atoms with Crippen LogP contribution in [0.25, 0.3) is 22.4 Å². The quantitative estimate of drug-likeness (QED) is 0.185. The molecule has 0 aliphatic carbocycles. The molecule has 40 heavy (non-hydrogen) atoms. The fourth-order valence-electron chi connectivity index (χ4n) is 3.94. The molecule has 1 amide bonds. The molecule has 0 unspecified atom stereocenters. The average Bonchev–Trinajstić information content (AvgIpc) is 2.99. The van der Waals surface area contributed by atoms with E-state index < -0.39 is 0 Å². The second kappa shape index (κ2) is 12.7. The van der Waals surface area contributed by atoms with Crippen molar-refractivity contribution in [1.82, 2.24) is 4.98 Å². The Morgan fingerprint density at radius 1 is 0.825 bits per heavy atom. The summed E-state index contributed by atoms with van der Waals surface area (Å²) in [6, 6.07) is 35.6. The minimum Gasteiger partial charge on any atom is -0.457 e. The summed E-state index contributed by atoms with van der Waals surface area (Å²) in [4.78, 5) is 17.6. The molecule has 4 aromatic carbocycles. The molecular formula is C32H21Cl2N3O2S. The van der Waals surface area contributed by atoms with Crippen LogP contribution in [0.15, 0.2) is 114 Å². The summed E-state index contributed by atoms with van der Waals surface area (Å²) in [5, 5.41) is 14.3. The molecule has 1 heterocycles. The zero-order valence-electron chi connectivity index (χ0n) is 21.0. The lowest BCUT2D eigenvalue weighted by Crippen LogP contribution is -2.14. The van der Waals surface area contributed by atoms with Gasteiger partial charge >= 0.3 is 0 Å². The van der Waals surface area contributed by atoms with Gasteiger partial charge in [0.25, 0.3) is 0 Å². The standard InChI is InChI=1S/C32H21Cl2N3O2S/c33-28-16-11-22(17-29(28)34)26-18-30(21-7-3-1-4-8-21)37-32(27(26)19-35)40-20-31(38)36-23-12-14-25(15-13-23)39-24-9-5-2-6-10-24/h1-18H,20H2,(H,36,38). The first-order valence-corrected chi connectivity index (χ1v) is 14.0. The molecule has 0 spiro atoms. The van der Waals surface area contributed by atoms with Gasteiger partial charge in [-0.1, -0.05) is 89.6 Å². The Kier molecular flexibility index (Phi) is 8.68. The number of aromatic nitrogens is 1. The van der Waals surface area contributed by atoms with Crippen molar-refractivity contribution >= 4 is 46.6 Å². The van der Waals surface area contributed by atoms with E-state index in [1.165, 1.54) is 11.8 Å². The number of benzene rings is 4. The highest BCUT2D eigenvalue weighted by atomic mass is 35.5. The Morgan fingerprint density at radius 2 is 1.50 bits per heavy atom. The van der Waals surface area contributed by atoms with Crippen LogP contribution >= 0.6 is 35.0 Å². The minimum atomic E-state index is -0.228. The van der Waals surface area contributed by atoms with Gasteiger partial charge in [-0.3, -0.25) is 4.79 Å². The molecule has 0 aliphatic heterocycles. The SMILES string of the molecule is N#Cc1c(-c2ccc(Cl)c(Cl)c2)cc(-c2ccccc2)nc1SCC(=O)Nc1ccc(Oc2ccccc2)cc1. The zero-order valence-corrected chi connectivity index (χ0v) is 23.3. The molecule has 0 radical (unpaired) electrons. The van der Waals surface area contributed by atoms with Crippen molar-refractivity contribution in [2.24, 2.45) is 0 Å². The number of carbonyl (C=O) groups is 1. The molecule has 0 saturated heterocycles. The first kappa shape index (κ1) is 27.3. The Labute approximate surface area is 246 Å². The topological polar surface area (TPSA) is 75.0 Å². The summed E-state index contributed by atoms with van der Waals surface area (Å²) >= 11 is 13.6. The van der Waals surface area contributed by atoms with Gasteiger partial charge in [-0.15, -0.1) is 0 Å². The number of halogens is 2. The van der Waals surface area contributed by atoms with Crippen molar-refractivity contribution in [3.8, 4) is 40.0 Å². The smallest absolute Gasteiger partial charge is 0.234 e. The van der Waals surface area contributed by atoms with Gasteiger partial charge in [-0.05, 0) is 60.2 Å². The second-order valence-corrected chi connectivity index (χ2v) is 10.4. The van der Waals surface area contributed by atoms with Crippen LogP contribution in [-0.2, 0) is 4.79 Å². The van der Waals surface area contributed by atoms with Gasteiger partial charge in [-0.25, -0.2) is 4.98 Å². The summed E-state index contributed by atoms with van der Waals surface area (Å²) in [6.45, 7) is 0. The first-order chi connectivity index (χ1) is 19.5. The van der Waals surface area contributed by atoms with Crippen LogP contribution in [0.5, 0.6) is 11.5 Å². The van der Waals surface area contributed by atoms with Gasteiger partial charge < -0.3 is 10.1 Å². The highest BCUT2D eigenvalue weighted by Crippen LogP contribution is 2.36. The molecule has 196 valence electrons. The number of hydrogen-bond donors (Lipinski definition) is 1. The highest BCUT2D eigenvalue weighted by Gasteiger charge is 2.18. The van der Waals surface area contributed by atoms with Crippen LogP contribution in [0, 0.1) is 11.3 Å². The molecule has 0 aliphatic rings. The summed E-state index contributed by atoms with van der Waals surface area (Å²) in [5.74, 6) is 1.22. The highest BCUT2D eigenvalue weighted by molar-refractivity contribution is 8.00. The fourth-order valence-corrected chi connectivity index (χ4v) is 5.05. The number of para-hydroxylation sites is 1.